The zero-order valence-electron chi connectivity index (χ0n) is 16.0. The van der Waals surface area contributed by atoms with Crippen molar-refractivity contribution in [3.8, 4) is 28.1 Å². The van der Waals surface area contributed by atoms with Gasteiger partial charge in [-0.05, 0) is 54.1 Å². The first-order valence-corrected chi connectivity index (χ1v) is 9.57. The lowest BCUT2D eigenvalue weighted by Crippen LogP contribution is -2.01. The second-order valence-electron chi connectivity index (χ2n) is 6.87. The van der Waals surface area contributed by atoms with E-state index in [-0.39, 0.29) is 5.56 Å². The molecular weight excluding hydrogens is 376 g/mol. The molecule has 2 N–H and O–H groups in total. The van der Waals surface area contributed by atoms with E-state index in [2.05, 4.69) is 20.2 Å². The maximum atomic E-state index is 12.3. The van der Waals surface area contributed by atoms with Gasteiger partial charge in [0.2, 0.25) is 0 Å². The van der Waals surface area contributed by atoms with E-state index >= 15 is 0 Å². The molecule has 2 aromatic carbocycles. The van der Waals surface area contributed by atoms with Gasteiger partial charge in [-0.1, -0.05) is 24.3 Å². The molecule has 3 heterocycles. The summed E-state index contributed by atoms with van der Waals surface area (Å²) in [6.45, 7) is 0.382. The standard InChI is InChI=1S/C24H18N4O2/c29-24-22(17-11-13-25-14-12-17)23(27-28-24)18-6-9-20(10-7-18)30-15-19-8-5-16-3-1-2-4-21(16)26-19/h1-14H,15H2,(H2,27,28,29). The Bertz CT molecular complexity index is 1360. The van der Waals surface area contributed by atoms with Gasteiger partial charge in [-0.25, -0.2) is 4.98 Å². The topological polar surface area (TPSA) is 83.7 Å². The van der Waals surface area contributed by atoms with Crippen molar-refractivity contribution < 1.29 is 4.74 Å². The van der Waals surface area contributed by atoms with Gasteiger partial charge in [0.15, 0.2) is 0 Å². The van der Waals surface area contributed by atoms with E-state index in [0.717, 1.165) is 39.2 Å². The highest BCUT2D eigenvalue weighted by Gasteiger charge is 2.14. The first kappa shape index (κ1) is 17.9. The van der Waals surface area contributed by atoms with Crippen molar-refractivity contribution >= 4 is 10.9 Å². The summed E-state index contributed by atoms with van der Waals surface area (Å²) in [6, 6.07) is 23.3. The summed E-state index contributed by atoms with van der Waals surface area (Å²) in [5.74, 6) is 0.733. The molecule has 0 aliphatic carbocycles. The maximum Gasteiger partial charge on any atom is 0.272 e. The number of H-pyrrole nitrogens is 2. The predicted octanol–water partition coefficient (Wildman–Crippen LogP) is 4.56. The predicted molar refractivity (Wildman–Crippen MR) is 116 cm³/mol. The van der Waals surface area contributed by atoms with Crippen molar-refractivity contribution in [1.29, 1.82) is 0 Å². The molecule has 0 fully saturated rings. The zero-order chi connectivity index (χ0) is 20.3. The Morgan fingerprint density at radius 2 is 1.60 bits per heavy atom. The van der Waals surface area contributed by atoms with Gasteiger partial charge in [0.05, 0.1) is 22.5 Å². The third-order valence-corrected chi connectivity index (χ3v) is 4.93. The average Bonchev–Trinajstić information content (AvgIpc) is 3.20. The van der Waals surface area contributed by atoms with Crippen molar-refractivity contribution in [2.24, 2.45) is 0 Å². The van der Waals surface area contributed by atoms with Crippen LogP contribution in [0.4, 0.5) is 0 Å². The van der Waals surface area contributed by atoms with Crippen molar-refractivity contribution in [3.63, 3.8) is 0 Å². The smallest absolute Gasteiger partial charge is 0.272 e. The number of aromatic amines is 2. The van der Waals surface area contributed by atoms with E-state index in [4.69, 9.17) is 4.74 Å². The number of para-hydroxylation sites is 1. The van der Waals surface area contributed by atoms with Crippen molar-refractivity contribution in [2.75, 3.05) is 0 Å². The van der Waals surface area contributed by atoms with Crippen LogP contribution in [0, 0.1) is 0 Å². The number of rotatable bonds is 5. The molecule has 6 heteroatoms. The number of aromatic nitrogens is 4. The molecule has 0 amide bonds. The molecule has 6 nitrogen and oxygen atoms in total. The van der Waals surface area contributed by atoms with Crippen LogP contribution in [0.3, 0.4) is 0 Å². The third-order valence-electron chi connectivity index (χ3n) is 4.93. The summed E-state index contributed by atoms with van der Waals surface area (Å²) in [7, 11) is 0. The zero-order valence-corrected chi connectivity index (χ0v) is 16.0. The lowest BCUT2D eigenvalue weighted by Gasteiger charge is -2.08. The lowest BCUT2D eigenvalue weighted by atomic mass is 10.0. The molecule has 0 aliphatic rings. The van der Waals surface area contributed by atoms with E-state index in [1.165, 1.54) is 0 Å². The van der Waals surface area contributed by atoms with Crippen LogP contribution in [0.1, 0.15) is 5.69 Å². The third kappa shape index (κ3) is 3.46. The number of hydrogen-bond donors (Lipinski definition) is 2. The molecule has 0 saturated heterocycles. The summed E-state index contributed by atoms with van der Waals surface area (Å²) in [5.41, 5.74) is 4.67. The molecule has 30 heavy (non-hydrogen) atoms. The fourth-order valence-electron chi connectivity index (χ4n) is 3.43. The van der Waals surface area contributed by atoms with Crippen LogP contribution in [0.25, 0.3) is 33.3 Å². The number of benzene rings is 2. The summed E-state index contributed by atoms with van der Waals surface area (Å²) >= 11 is 0. The average molecular weight is 394 g/mol. The van der Waals surface area contributed by atoms with Gasteiger partial charge in [0.25, 0.3) is 5.56 Å². The Morgan fingerprint density at radius 3 is 2.43 bits per heavy atom. The normalized spacial score (nSPS) is 10.9. The van der Waals surface area contributed by atoms with E-state index in [9.17, 15) is 4.79 Å². The van der Waals surface area contributed by atoms with E-state index in [1.807, 2.05) is 72.8 Å². The quantitative estimate of drug-likeness (QED) is 0.458. The number of hydrogen-bond acceptors (Lipinski definition) is 4. The van der Waals surface area contributed by atoms with Gasteiger partial charge >= 0.3 is 0 Å². The number of pyridine rings is 2. The molecule has 0 atom stereocenters. The Morgan fingerprint density at radius 1 is 0.800 bits per heavy atom. The monoisotopic (exact) mass is 394 g/mol. The molecule has 0 bridgehead atoms. The van der Waals surface area contributed by atoms with Crippen LogP contribution >= 0.6 is 0 Å². The SMILES string of the molecule is O=c1[nH][nH]c(-c2ccc(OCc3ccc4ccccc4n3)cc2)c1-c1ccncc1. The maximum absolute atomic E-state index is 12.3. The minimum Gasteiger partial charge on any atom is -0.487 e. The van der Waals surface area contributed by atoms with Crippen LogP contribution < -0.4 is 10.3 Å². The van der Waals surface area contributed by atoms with Gasteiger partial charge in [0, 0.05) is 23.3 Å². The Labute approximate surface area is 172 Å². The van der Waals surface area contributed by atoms with Gasteiger partial charge in [-0.2, -0.15) is 0 Å². The van der Waals surface area contributed by atoms with Crippen molar-refractivity contribution in [2.45, 2.75) is 6.61 Å². The Balaban J connectivity index is 1.36. The molecule has 5 aromatic rings. The highest BCUT2D eigenvalue weighted by atomic mass is 16.5. The Kier molecular flexibility index (Phi) is 4.57. The van der Waals surface area contributed by atoms with Gasteiger partial charge < -0.3 is 4.74 Å². The number of nitrogens with one attached hydrogen (secondary N) is 2. The minimum atomic E-state index is -0.168. The van der Waals surface area contributed by atoms with Crippen LogP contribution in [0.15, 0.2) is 90.0 Å². The molecule has 0 unspecified atom stereocenters. The molecule has 0 aliphatic heterocycles. The first-order chi connectivity index (χ1) is 14.8. The first-order valence-electron chi connectivity index (χ1n) is 9.57. The fraction of sp³-hybridized carbons (Fsp3) is 0.0417. The molecule has 5 rings (SSSR count). The van der Waals surface area contributed by atoms with Crippen molar-refractivity contribution in [1.82, 2.24) is 20.2 Å². The van der Waals surface area contributed by atoms with Crippen LogP contribution in [-0.4, -0.2) is 20.2 Å². The van der Waals surface area contributed by atoms with Crippen LogP contribution in [0.2, 0.25) is 0 Å². The molecular formula is C24H18N4O2. The molecule has 3 aromatic heterocycles. The Hall–Kier alpha value is -4.19. The van der Waals surface area contributed by atoms with Gasteiger partial charge in [-0.3, -0.25) is 20.0 Å². The summed E-state index contributed by atoms with van der Waals surface area (Å²) in [6.07, 6.45) is 3.34. The molecule has 0 saturated carbocycles. The number of nitrogens with zero attached hydrogens (tertiary/aromatic N) is 2. The minimum absolute atomic E-state index is 0.168. The highest BCUT2D eigenvalue weighted by molar-refractivity contribution is 5.80. The van der Waals surface area contributed by atoms with Gasteiger partial charge in [-0.15, -0.1) is 0 Å². The van der Waals surface area contributed by atoms with E-state index in [1.54, 1.807) is 12.4 Å². The van der Waals surface area contributed by atoms with Gasteiger partial charge in [0.1, 0.15) is 12.4 Å². The van der Waals surface area contributed by atoms with E-state index < -0.39 is 0 Å². The number of ether oxygens (including phenoxy) is 1. The fourth-order valence-corrected chi connectivity index (χ4v) is 3.43. The second-order valence-corrected chi connectivity index (χ2v) is 6.87. The molecule has 0 radical (unpaired) electrons. The summed E-state index contributed by atoms with van der Waals surface area (Å²) < 4.78 is 5.90. The highest BCUT2D eigenvalue weighted by Crippen LogP contribution is 2.28. The van der Waals surface area contributed by atoms with Crippen LogP contribution in [-0.2, 0) is 6.61 Å². The largest absolute Gasteiger partial charge is 0.487 e. The van der Waals surface area contributed by atoms with Crippen molar-refractivity contribution in [3.05, 3.63) is 101 Å². The lowest BCUT2D eigenvalue weighted by molar-refractivity contribution is 0.302. The van der Waals surface area contributed by atoms with E-state index in [0.29, 0.717) is 12.2 Å². The molecule has 0 spiro atoms. The second kappa shape index (κ2) is 7.67. The summed E-state index contributed by atoms with van der Waals surface area (Å²) in [5, 5.41) is 6.75. The number of fused-ring (bicyclic) bond motifs is 1. The summed E-state index contributed by atoms with van der Waals surface area (Å²) in [4.78, 5) is 20.9. The molecule has 146 valence electrons. The van der Waals surface area contributed by atoms with Crippen LogP contribution in [0.5, 0.6) is 5.75 Å².